The predicted octanol–water partition coefficient (Wildman–Crippen LogP) is 2.01. The van der Waals surface area contributed by atoms with Crippen molar-refractivity contribution in [3.63, 3.8) is 0 Å². The molecule has 2 aliphatic heterocycles. The minimum Gasteiger partial charge on any atom is -0.454 e. The average Bonchev–Trinajstić information content (AvgIpc) is 3.41. The van der Waals surface area contributed by atoms with Crippen molar-refractivity contribution < 1.29 is 18.8 Å². The summed E-state index contributed by atoms with van der Waals surface area (Å²) in [6, 6.07) is 8.37. The summed E-state index contributed by atoms with van der Waals surface area (Å²) in [5, 5.41) is 10.9. The lowest BCUT2D eigenvalue weighted by Gasteiger charge is -2.08. The number of rotatable bonds is 4. The Morgan fingerprint density at radius 3 is 3.00 bits per heavy atom. The number of carbonyl (C=O) groups is 1. The lowest BCUT2D eigenvalue weighted by molar-refractivity contribution is -0.117. The van der Waals surface area contributed by atoms with Crippen molar-refractivity contribution in [3.8, 4) is 22.8 Å². The highest BCUT2D eigenvalue weighted by Gasteiger charge is 2.23. The number of thioether (sulfide) groups is 1. The minimum atomic E-state index is -0.409. The van der Waals surface area contributed by atoms with E-state index in [1.807, 2.05) is 6.07 Å². The third kappa shape index (κ3) is 3.01. The summed E-state index contributed by atoms with van der Waals surface area (Å²) in [5.41, 5.74) is 2.66. The van der Waals surface area contributed by atoms with Gasteiger partial charge in [-0.15, -0.1) is 0 Å². The Balaban J connectivity index is 1.37. The molecule has 2 aliphatic rings. The number of nitrogens with zero attached hydrogens (tertiary/aromatic N) is 3. The van der Waals surface area contributed by atoms with Crippen LogP contribution in [0.25, 0.3) is 11.3 Å². The van der Waals surface area contributed by atoms with Crippen LogP contribution in [0.2, 0.25) is 0 Å². The molecule has 1 N–H and O–H groups in total. The molecular formula is C18H14N4O5S. The molecule has 142 valence electrons. The number of hydrogen-bond donors (Lipinski definition) is 1. The second-order valence-corrected chi connectivity index (χ2v) is 7.25. The van der Waals surface area contributed by atoms with Crippen LogP contribution in [0.5, 0.6) is 11.5 Å². The van der Waals surface area contributed by atoms with Gasteiger partial charge in [-0.05, 0) is 24.3 Å². The second-order valence-electron chi connectivity index (χ2n) is 6.26. The van der Waals surface area contributed by atoms with Gasteiger partial charge >= 0.3 is 0 Å². The molecule has 3 aromatic rings. The van der Waals surface area contributed by atoms with Crippen LogP contribution in [-0.4, -0.2) is 27.6 Å². The fourth-order valence-corrected chi connectivity index (χ4v) is 4.05. The van der Waals surface area contributed by atoms with E-state index in [-0.39, 0.29) is 18.9 Å². The van der Waals surface area contributed by atoms with E-state index in [0.717, 1.165) is 33.0 Å². The van der Waals surface area contributed by atoms with E-state index in [1.54, 1.807) is 30.0 Å². The van der Waals surface area contributed by atoms with E-state index in [0.29, 0.717) is 23.1 Å². The molecule has 2 aromatic heterocycles. The van der Waals surface area contributed by atoms with Gasteiger partial charge in [0.05, 0.1) is 17.0 Å². The molecule has 0 unspecified atom stereocenters. The molecule has 0 aliphatic carbocycles. The molecule has 0 saturated carbocycles. The highest BCUT2D eigenvalue weighted by molar-refractivity contribution is 7.98. The Kier molecular flexibility index (Phi) is 4.05. The molecule has 0 spiro atoms. The van der Waals surface area contributed by atoms with E-state index >= 15 is 0 Å². The smallest absolute Gasteiger partial charge is 0.267 e. The van der Waals surface area contributed by atoms with Crippen LogP contribution in [-0.2, 0) is 22.8 Å². The lowest BCUT2D eigenvalue weighted by atomic mass is 10.1. The minimum absolute atomic E-state index is 0.176. The van der Waals surface area contributed by atoms with E-state index in [9.17, 15) is 9.59 Å². The zero-order valence-electron chi connectivity index (χ0n) is 14.5. The van der Waals surface area contributed by atoms with E-state index < -0.39 is 5.91 Å². The first-order chi connectivity index (χ1) is 13.7. The van der Waals surface area contributed by atoms with Crippen molar-refractivity contribution in [3.05, 3.63) is 51.9 Å². The van der Waals surface area contributed by atoms with Crippen LogP contribution in [0.1, 0.15) is 11.3 Å². The Morgan fingerprint density at radius 2 is 2.07 bits per heavy atom. The van der Waals surface area contributed by atoms with Crippen molar-refractivity contribution in [2.45, 2.75) is 18.1 Å². The summed E-state index contributed by atoms with van der Waals surface area (Å²) in [5.74, 6) is 2.72. The maximum absolute atomic E-state index is 12.4. The van der Waals surface area contributed by atoms with Gasteiger partial charge in [0.15, 0.2) is 11.5 Å². The first-order valence-electron chi connectivity index (χ1n) is 8.50. The van der Waals surface area contributed by atoms with Gasteiger partial charge in [-0.1, -0.05) is 5.16 Å². The first-order valence-corrected chi connectivity index (χ1v) is 9.66. The van der Waals surface area contributed by atoms with E-state index in [1.165, 1.54) is 6.07 Å². The zero-order valence-corrected chi connectivity index (χ0v) is 15.3. The van der Waals surface area contributed by atoms with Crippen molar-refractivity contribution in [2.24, 2.45) is 0 Å². The molecule has 9 nitrogen and oxygen atoms in total. The number of amides is 1. The number of carbonyl (C=O) groups excluding carboxylic acids is 1. The molecule has 10 heteroatoms. The summed E-state index contributed by atoms with van der Waals surface area (Å²) < 4.78 is 17.0. The van der Waals surface area contributed by atoms with Crippen LogP contribution < -0.4 is 20.3 Å². The van der Waals surface area contributed by atoms with Gasteiger partial charge in [0.2, 0.25) is 18.6 Å². The molecule has 4 heterocycles. The fourth-order valence-electron chi connectivity index (χ4n) is 3.03. The Bertz CT molecular complexity index is 1140. The molecule has 0 atom stereocenters. The van der Waals surface area contributed by atoms with Gasteiger partial charge < -0.3 is 14.0 Å². The Morgan fingerprint density at radius 1 is 1.18 bits per heavy atom. The van der Waals surface area contributed by atoms with Crippen molar-refractivity contribution in [1.82, 2.24) is 14.9 Å². The van der Waals surface area contributed by atoms with Crippen molar-refractivity contribution in [1.29, 1.82) is 0 Å². The van der Waals surface area contributed by atoms with Crippen LogP contribution in [0.3, 0.4) is 0 Å². The zero-order chi connectivity index (χ0) is 19.1. The molecule has 1 aromatic carbocycles. The normalized spacial score (nSPS) is 14.1. The quantitative estimate of drug-likeness (QED) is 0.711. The van der Waals surface area contributed by atoms with Crippen LogP contribution >= 0.6 is 11.8 Å². The molecule has 0 bridgehead atoms. The van der Waals surface area contributed by atoms with Gasteiger partial charge in [0.25, 0.3) is 5.56 Å². The summed E-state index contributed by atoms with van der Waals surface area (Å²) in [6.07, 6.45) is 0. The van der Waals surface area contributed by atoms with Crippen LogP contribution in [0.4, 0.5) is 5.88 Å². The second kappa shape index (κ2) is 6.71. The monoisotopic (exact) mass is 398 g/mol. The van der Waals surface area contributed by atoms with E-state index in [2.05, 4.69) is 15.6 Å². The van der Waals surface area contributed by atoms with Gasteiger partial charge in [-0.2, -0.15) is 16.9 Å². The Hall–Kier alpha value is -3.27. The average molecular weight is 398 g/mol. The number of anilines is 1. The maximum atomic E-state index is 12.4. The molecule has 0 saturated heterocycles. The third-order valence-electron chi connectivity index (χ3n) is 4.44. The summed E-state index contributed by atoms with van der Waals surface area (Å²) >= 11 is 1.70. The van der Waals surface area contributed by atoms with E-state index in [4.69, 9.17) is 14.0 Å². The number of hydrogen-bond acceptors (Lipinski definition) is 8. The highest BCUT2D eigenvalue weighted by atomic mass is 32.2. The van der Waals surface area contributed by atoms with Gasteiger partial charge in [-0.3, -0.25) is 14.9 Å². The molecule has 1 amide bonds. The lowest BCUT2D eigenvalue weighted by Crippen LogP contribution is -2.29. The summed E-state index contributed by atoms with van der Waals surface area (Å²) in [4.78, 5) is 24.5. The largest absolute Gasteiger partial charge is 0.454 e. The van der Waals surface area contributed by atoms with Crippen LogP contribution in [0.15, 0.2) is 39.6 Å². The summed E-state index contributed by atoms with van der Waals surface area (Å²) in [7, 11) is 0. The number of nitrogens with one attached hydrogen (secondary N) is 1. The fraction of sp³-hybridized carbons (Fsp3) is 0.222. The maximum Gasteiger partial charge on any atom is 0.267 e. The SMILES string of the molecule is O=C(Cn1nc(-c2ccc3c(c2)OCO3)ccc1=O)Nc1onc2c1CSC2. The highest BCUT2D eigenvalue weighted by Crippen LogP contribution is 2.35. The molecule has 5 rings (SSSR count). The van der Waals surface area contributed by atoms with Crippen molar-refractivity contribution in [2.75, 3.05) is 12.1 Å². The topological polar surface area (TPSA) is 108 Å². The molecular weight excluding hydrogens is 384 g/mol. The van der Waals surface area contributed by atoms with Gasteiger partial charge in [0.1, 0.15) is 6.54 Å². The van der Waals surface area contributed by atoms with Gasteiger partial charge in [0, 0.05) is 23.1 Å². The number of ether oxygens (including phenoxy) is 2. The standard InChI is InChI=1S/C18H14N4O5S/c23-16(19-18-11-7-28-8-13(11)21-27-18)6-22-17(24)4-2-12(20-22)10-1-3-14-15(5-10)26-9-25-14/h1-5H,6-9H2,(H,19,23). The predicted molar refractivity (Wildman–Crippen MR) is 100 cm³/mol. The number of aromatic nitrogens is 3. The molecule has 0 radical (unpaired) electrons. The van der Waals surface area contributed by atoms with Gasteiger partial charge in [-0.25, -0.2) is 4.68 Å². The Labute approximate surface area is 162 Å². The summed E-state index contributed by atoms with van der Waals surface area (Å²) in [6.45, 7) is -0.0599. The number of benzene rings is 1. The molecule has 0 fully saturated rings. The van der Waals surface area contributed by atoms with Crippen molar-refractivity contribution >= 4 is 23.6 Å². The molecule has 28 heavy (non-hydrogen) atoms. The van der Waals surface area contributed by atoms with Crippen LogP contribution in [0, 0.1) is 0 Å². The third-order valence-corrected chi connectivity index (χ3v) is 5.41. The first kappa shape index (κ1) is 16.9. The number of fused-ring (bicyclic) bond motifs is 2.